The van der Waals surface area contributed by atoms with Gasteiger partial charge in [-0.15, -0.1) is 0 Å². The molecule has 5 heteroatoms. The maximum absolute atomic E-state index is 13.1. The minimum atomic E-state index is -0.0651. The van der Waals surface area contributed by atoms with Crippen LogP contribution in [0.3, 0.4) is 0 Å². The van der Waals surface area contributed by atoms with E-state index in [9.17, 15) is 9.90 Å². The van der Waals surface area contributed by atoms with Crippen LogP contribution in [-0.2, 0) is 13.0 Å². The number of benzene rings is 3. The van der Waals surface area contributed by atoms with Gasteiger partial charge in [0, 0.05) is 16.6 Å². The van der Waals surface area contributed by atoms with Crippen molar-refractivity contribution in [2.24, 2.45) is 0 Å². The molecule has 3 aromatic carbocycles. The molecule has 4 rings (SSSR count). The van der Waals surface area contributed by atoms with Crippen LogP contribution in [0.25, 0.3) is 23.1 Å². The Labute approximate surface area is 176 Å². The summed E-state index contributed by atoms with van der Waals surface area (Å²) in [5.41, 5.74) is 2.40. The highest BCUT2D eigenvalue weighted by atomic mass is 79.9. The molecule has 0 unspecified atom stereocenters. The Morgan fingerprint density at radius 1 is 0.966 bits per heavy atom. The normalized spacial score (nSPS) is 11.3. The van der Waals surface area contributed by atoms with Crippen molar-refractivity contribution in [1.29, 1.82) is 0 Å². The molecule has 29 heavy (non-hydrogen) atoms. The lowest BCUT2D eigenvalue weighted by Crippen LogP contribution is -2.24. The number of halogens is 1. The minimum absolute atomic E-state index is 0.0651. The number of aromatic nitrogens is 2. The molecule has 0 radical (unpaired) electrons. The molecule has 4 nitrogen and oxygen atoms in total. The summed E-state index contributed by atoms with van der Waals surface area (Å²) in [6.45, 7) is 0.519. The first kappa shape index (κ1) is 19.2. The molecule has 0 saturated heterocycles. The SMILES string of the molecule is O=c1c2ccccc2nc(/C=C/c2cc(Br)ccc2O)n1CCc1ccccc1. The molecule has 144 valence electrons. The zero-order valence-electron chi connectivity index (χ0n) is 15.6. The highest BCUT2D eigenvalue weighted by Gasteiger charge is 2.09. The zero-order valence-corrected chi connectivity index (χ0v) is 17.2. The Morgan fingerprint density at radius 3 is 2.55 bits per heavy atom. The molecule has 0 bridgehead atoms. The number of para-hydroxylation sites is 1. The Balaban J connectivity index is 1.77. The third kappa shape index (κ3) is 4.30. The molecule has 1 N–H and O–H groups in total. The fourth-order valence-corrected chi connectivity index (χ4v) is 3.62. The molecule has 0 saturated carbocycles. The monoisotopic (exact) mass is 446 g/mol. The topological polar surface area (TPSA) is 55.1 Å². The van der Waals surface area contributed by atoms with Crippen LogP contribution in [0, 0.1) is 0 Å². The molecule has 0 aliphatic carbocycles. The van der Waals surface area contributed by atoms with Gasteiger partial charge >= 0.3 is 0 Å². The van der Waals surface area contributed by atoms with Crippen molar-refractivity contribution in [3.05, 3.63) is 105 Å². The van der Waals surface area contributed by atoms with E-state index < -0.39 is 0 Å². The minimum Gasteiger partial charge on any atom is -0.507 e. The second-order valence-corrected chi connectivity index (χ2v) is 7.63. The fraction of sp³-hybridized carbons (Fsp3) is 0.0833. The number of hydrogen-bond acceptors (Lipinski definition) is 3. The number of phenolic OH excluding ortho intramolecular Hbond substituents is 1. The average Bonchev–Trinajstić information content (AvgIpc) is 2.74. The average molecular weight is 447 g/mol. The number of nitrogens with zero attached hydrogens (tertiary/aromatic N) is 2. The van der Waals surface area contributed by atoms with Crippen molar-refractivity contribution < 1.29 is 5.11 Å². The Bertz CT molecular complexity index is 1250. The summed E-state index contributed by atoms with van der Waals surface area (Å²) >= 11 is 3.42. The first-order chi connectivity index (χ1) is 14.1. The molecule has 4 aromatic rings. The number of fused-ring (bicyclic) bond motifs is 1. The molecule has 1 heterocycles. The van der Waals surface area contributed by atoms with Gasteiger partial charge < -0.3 is 5.11 Å². The maximum Gasteiger partial charge on any atom is 0.261 e. The van der Waals surface area contributed by atoms with Crippen LogP contribution in [-0.4, -0.2) is 14.7 Å². The Hall–Kier alpha value is -3.18. The van der Waals surface area contributed by atoms with E-state index in [1.165, 1.54) is 0 Å². The lowest BCUT2D eigenvalue weighted by Gasteiger charge is -2.11. The van der Waals surface area contributed by atoms with Crippen LogP contribution in [0.15, 0.2) is 82.1 Å². The number of rotatable bonds is 5. The summed E-state index contributed by atoms with van der Waals surface area (Å²) in [6, 6.07) is 22.6. The lowest BCUT2D eigenvalue weighted by atomic mass is 10.1. The molecule has 0 aliphatic heterocycles. The summed E-state index contributed by atoms with van der Waals surface area (Å²) in [7, 11) is 0. The van der Waals surface area contributed by atoms with Crippen molar-refractivity contribution in [1.82, 2.24) is 9.55 Å². The highest BCUT2D eigenvalue weighted by molar-refractivity contribution is 9.10. The second-order valence-electron chi connectivity index (χ2n) is 6.72. The van der Waals surface area contributed by atoms with E-state index in [1.807, 2.05) is 42.5 Å². The predicted octanol–water partition coefficient (Wildman–Crippen LogP) is 5.28. The number of aryl methyl sites for hydroxylation is 1. The van der Waals surface area contributed by atoms with Gasteiger partial charge in [-0.1, -0.05) is 58.4 Å². The van der Waals surface area contributed by atoms with Crippen LogP contribution < -0.4 is 5.56 Å². The van der Waals surface area contributed by atoms with Crippen LogP contribution in [0.1, 0.15) is 17.0 Å². The smallest absolute Gasteiger partial charge is 0.261 e. The first-order valence-corrected chi connectivity index (χ1v) is 10.1. The van der Waals surface area contributed by atoms with Gasteiger partial charge in [0.1, 0.15) is 11.6 Å². The van der Waals surface area contributed by atoms with Crippen molar-refractivity contribution >= 4 is 39.0 Å². The fourth-order valence-electron chi connectivity index (χ4n) is 3.24. The van der Waals surface area contributed by atoms with Crippen molar-refractivity contribution in [3.8, 4) is 5.75 Å². The molecule has 0 spiro atoms. The number of hydrogen-bond donors (Lipinski definition) is 1. The third-order valence-electron chi connectivity index (χ3n) is 4.76. The summed E-state index contributed by atoms with van der Waals surface area (Å²) in [5, 5.41) is 10.7. The third-order valence-corrected chi connectivity index (χ3v) is 5.25. The van der Waals surface area contributed by atoms with Gasteiger partial charge in [0.25, 0.3) is 5.56 Å². The number of aromatic hydroxyl groups is 1. The van der Waals surface area contributed by atoms with E-state index in [0.29, 0.717) is 28.8 Å². The van der Waals surface area contributed by atoms with E-state index >= 15 is 0 Å². The molecule has 0 amide bonds. The maximum atomic E-state index is 13.1. The Kier molecular flexibility index (Phi) is 5.58. The highest BCUT2D eigenvalue weighted by Crippen LogP contribution is 2.24. The van der Waals surface area contributed by atoms with Crippen LogP contribution >= 0.6 is 15.9 Å². The van der Waals surface area contributed by atoms with E-state index in [-0.39, 0.29) is 11.3 Å². The van der Waals surface area contributed by atoms with Crippen molar-refractivity contribution in [2.75, 3.05) is 0 Å². The summed E-state index contributed by atoms with van der Waals surface area (Å²) in [5.74, 6) is 0.729. The molecular weight excluding hydrogens is 428 g/mol. The quantitative estimate of drug-likeness (QED) is 0.453. The van der Waals surface area contributed by atoms with Crippen LogP contribution in [0.2, 0.25) is 0 Å². The Morgan fingerprint density at radius 2 is 1.72 bits per heavy atom. The second kappa shape index (κ2) is 8.45. The first-order valence-electron chi connectivity index (χ1n) is 9.32. The van der Waals surface area contributed by atoms with Crippen LogP contribution in [0.5, 0.6) is 5.75 Å². The summed E-state index contributed by atoms with van der Waals surface area (Å²) < 4.78 is 2.56. The standard InChI is InChI=1S/C24H19BrN2O2/c25-19-11-12-22(28)18(16-19)10-13-23-26-21-9-5-4-8-20(21)24(29)27(23)15-14-17-6-2-1-3-7-17/h1-13,16,28H,14-15H2/b13-10+. The van der Waals surface area contributed by atoms with Gasteiger partial charge in [0.2, 0.25) is 0 Å². The molecule has 0 fully saturated rings. The van der Waals surface area contributed by atoms with Crippen molar-refractivity contribution in [2.45, 2.75) is 13.0 Å². The van der Waals surface area contributed by atoms with E-state index in [4.69, 9.17) is 4.98 Å². The largest absolute Gasteiger partial charge is 0.507 e. The summed E-state index contributed by atoms with van der Waals surface area (Å²) in [6.07, 6.45) is 4.28. The van der Waals surface area contributed by atoms with Gasteiger partial charge in [-0.05, 0) is 54.5 Å². The predicted molar refractivity (Wildman–Crippen MR) is 121 cm³/mol. The van der Waals surface area contributed by atoms with Gasteiger partial charge in [-0.25, -0.2) is 4.98 Å². The lowest BCUT2D eigenvalue weighted by molar-refractivity contribution is 0.474. The number of phenols is 1. The van der Waals surface area contributed by atoms with E-state index in [0.717, 1.165) is 16.5 Å². The molecule has 0 aliphatic rings. The van der Waals surface area contributed by atoms with E-state index in [1.54, 1.807) is 34.9 Å². The zero-order chi connectivity index (χ0) is 20.2. The van der Waals surface area contributed by atoms with Gasteiger partial charge in [0.05, 0.1) is 10.9 Å². The molecule has 1 aromatic heterocycles. The summed E-state index contributed by atoms with van der Waals surface area (Å²) in [4.78, 5) is 17.8. The van der Waals surface area contributed by atoms with Gasteiger partial charge in [-0.2, -0.15) is 0 Å². The van der Waals surface area contributed by atoms with Crippen molar-refractivity contribution in [3.63, 3.8) is 0 Å². The van der Waals surface area contributed by atoms with Crippen LogP contribution in [0.4, 0.5) is 0 Å². The molecule has 0 atom stereocenters. The van der Waals surface area contributed by atoms with E-state index in [2.05, 4.69) is 28.1 Å². The van der Waals surface area contributed by atoms with Gasteiger partial charge in [0.15, 0.2) is 0 Å². The molecular formula is C24H19BrN2O2. The van der Waals surface area contributed by atoms with Gasteiger partial charge in [-0.3, -0.25) is 9.36 Å².